The highest BCUT2D eigenvalue weighted by Crippen LogP contribution is 2.31. The number of fused-ring (bicyclic) bond motifs is 3. The maximum Gasteiger partial charge on any atom is 0.416 e. The summed E-state index contributed by atoms with van der Waals surface area (Å²) in [5.74, 6) is 0.339. The van der Waals surface area contributed by atoms with Crippen LogP contribution >= 0.6 is 0 Å². The number of hydrogen-bond acceptors (Lipinski definition) is 7. The van der Waals surface area contributed by atoms with Crippen LogP contribution in [0.5, 0.6) is 0 Å². The maximum atomic E-state index is 13.4. The highest BCUT2D eigenvalue weighted by molar-refractivity contribution is 6.01. The van der Waals surface area contributed by atoms with E-state index in [9.17, 15) is 22.8 Å². The molecular formula is C24H13F3N8O2. The Kier molecular flexibility index (Phi) is 4.93. The zero-order valence-electron chi connectivity index (χ0n) is 18.5. The standard InChI is InChI=1S/C24H13F3N8O2/c25-24(26,27)14-3-1-4-15(9-14)35-20-16(21(36)33-23(35)37)12-28-18-6-5-17(32-19(18)20)13-10-29-22(30-11-13)34-8-2-7-31-34/h1-12H,(H,33,36,37). The molecule has 0 fully saturated rings. The Morgan fingerprint density at radius 3 is 2.46 bits per heavy atom. The molecule has 0 spiro atoms. The van der Waals surface area contributed by atoms with Crippen molar-refractivity contribution in [2.24, 2.45) is 0 Å². The Labute approximate surface area is 203 Å². The number of halogens is 3. The highest BCUT2D eigenvalue weighted by Gasteiger charge is 2.31. The van der Waals surface area contributed by atoms with Gasteiger partial charge in [-0.15, -0.1) is 0 Å². The Hall–Kier alpha value is -5.20. The van der Waals surface area contributed by atoms with Crippen molar-refractivity contribution in [3.05, 3.63) is 99.9 Å². The summed E-state index contributed by atoms with van der Waals surface area (Å²) < 4.78 is 42.6. The molecule has 0 saturated heterocycles. The number of nitrogens with one attached hydrogen (secondary N) is 1. The quantitative estimate of drug-likeness (QED) is 0.368. The number of nitrogens with zero attached hydrogens (tertiary/aromatic N) is 7. The summed E-state index contributed by atoms with van der Waals surface area (Å²) in [7, 11) is 0. The minimum atomic E-state index is -4.63. The zero-order valence-corrected chi connectivity index (χ0v) is 18.5. The highest BCUT2D eigenvalue weighted by atomic mass is 19.4. The van der Waals surface area contributed by atoms with Gasteiger partial charge in [0.2, 0.25) is 5.95 Å². The average Bonchev–Trinajstić information content (AvgIpc) is 3.43. The van der Waals surface area contributed by atoms with Gasteiger partial charge in [-0.2, -0.15) is 18.3 Å². The van der Waals surface area contributed by atoms with Gasteiger partial charge in [0.15, 0.2) is 0 Å². The molecule has 0 radical (unpaired) electrons. The molecule has 6 rings (SSSR count). The number of benzene rings is 1. The second-order valence-corrected chi connectivity index (χ2v) is 7.95. The summed E-state index contributed by atoms with van der Waals surface area (Å²) in [6.07, 6.45) is 2.96. The molecule has 0 saturated carbocycles. The van der Waals surface area contributed by atoms with Crippen LogP contribution in [-0.4, -0.2) is 39.3 Å². The molecule has 1 N–H and O–H groups in total. The first-order chi connectivity index (χ1) is 17.8. The molecule has 0 unspecified atom stereocenters. The van der Waals surface area contributed by atoms with E-state index in [1.807, 2.05) is 0 Å². The summed E-state index contributed by atoms with van der Waals surface area (Å²) in [5.41, 5.74) is -1.27. The second kappa shape index (κ2) is 8.19. The average molecular weight is 502 g/mol. The topological polar surface area (TPSA) is 124 Å². The van der Waals surface area contributed by atoms with Crippen LogP contribution in [0.2, 0.25) is 0 Å². The Morgan fingerprint density at radius 1 is 0.919 bits per heavy atom. The molecule has 37 heavy (non-hydrogen) atoms. The fourth-order valence-corrected chi connectivity index (χ4v) is 3.95. The van der Waals surface area contributed by atoms with Crippen molar-refractivity contribution in [1.29, 1.82) is 0 Å². The number of pyridine rings is 2. The summed E-state index contributed by atoms with van der Waals surface area (Å²) in [4.78, 5) is 45.1. The predicted octanol–water partition coefficient (Wildman–Crippen LogP) is 3.28. The molecule has 0 aliphatic carbocycles. The number of hydrogen-bond donors (Lipinski definition) is 1. The van der Waals surface area contributed by atoms with Crippen LogP contribution in [0.4, 0.5) is 13.2 Å². The molecule has 10 nitrogen and oxygen atoms in total. The van der Waals surface area contributed by atoms with Crippen molar-refractivity contribution in [3.8, 4) is 22.9 Å². The van der Waals surface area contributed by atoms with E-state index in [0.29, 0.717) is 22.7 Å². The summed E-state index contributed by atoms with van der Waals surface area (Å²) in [6, 6.07) is 9.26. The van der Waals surface area contributed by atoms with Crippen LogP contribution in [-0.2, 0) is 6.18 Å². The lowest BCUT2D eigenvalue weighted by Crippen LogP contribution is -2.29. The van der Waals surface area contributed by atoms with E-state index in [2.05, 4.69) is 30.0 Å². The van der Waals surface area contributed by atoms with Crippen molar-refractivity contribution < 1.29 is 13.2 Å². The molecule has 6 aromatic rings. The predicted molar refractivity (Wildman–Crippen MR) is 126 cm³/mol. The van der Waals surface area contributed by atoms with E-state index in [-0.39, 0.29) is 22.1 Å². The number of aromatic nitrogens is 8. The van der Waals surface area contributed by atoms with Crippen LogP contribution in [0.25, 0.3) is 44.8 Å². The molecule has 0 bridgehead atoms. The van der Waals surface area contributed by atoms with Gasteiger partial charge in [-0.05, 0) is 36.4 Å². The number of H-pyrrole nitrogens is 1. The van der Waals surface area contributed by atoms with Crippen molar-refractivity contribution in [2.75, 3.05) is 0 Å². The fourth-order valence-electron chi connectivity index (χ4n) is 3.95. The largest absolute Gasteiger partial charge is 0.416 e. The van der Waals surface area contributed by atoms with E-state index in [4.69, 9.17) is 0 Å². The third kappa shape index (κ3) is 3.82. The van der Waals surface area contributed by atoms with Crippen LogP contribution in [0.1, 0.15) is 5.56 Å². The normalized spacial score (nSPS) is 11.9. The SMILES string of the molecule is O=c1[nH]c(=O)n(-c2cccc(C(F)(F)F)c2)c2c1cnc1ccc(-c3cnc(-n4cccn4)nc3)nc12. The molecule has 0 aliphatic rings. The van der Waals surface area contributed by atoms with Crippen molar-refractivity contribution in [1.82, 2.24) is 39.3 Å². The lowest BCUT2D eigenvalue weighted by molar-refractivity contribution is -0.137. The third-order valence-electron chi connectivity index (χ3n) is 5.65. The smallest absolute Gasteiger partial charge is 0.273 e. The molecule has 5 heterocycles. The Bertz CT molecular complexity index is 1910. The van der Waals surface area contributed by atoms with Crippen LogP contribution in [0.3, 0.4) is 0 Å². The van der Waals surface area contributed by atoms with Gasteiger partial charge >= 0.3 is 11.9 Å². The van der Waals surface area contributed by atoms with E-state index in [1.165, 1.54) is 35.4 Å². The molecule has 13 heteroatoms. The van der Waals surface area contributed by atoms with Gasteiger partial charge in [0.1, 0.15) is 5.52 Å². The first-order valence-electron chi connectivity index (χ1n) is 10.7. The lowest BCUT2D eigenvalue weighted by Gasteiger charge is -2.14. The zero-order chi connectivity index (χ0) is 25.7. The molecule has 0 aliphatic heterocycles. The van der Waals surface area contributed by atoms with Crippen molar-refractivity contribution >= 4 is 21.9 Å². The van der Waals surface area contributed by atoms with E-state index < -0.39 is 23.0 Å². The van der Waals surface area contributed by atoms with Crippen LogP contribution in [0, 0.1) is 0 Å². The first-order valence-corrected chi connectivity index (χ1v) is 10.7. The number of alkyl halides is 3. The molecule has 5 aromatic heterocycles. The summed E-state index contributed by atoms with van der Waals surface area (Å²) >= 11 is 0. The molecule has 0 atom stereocenters. The Morgan fingerprint density at radius 2 is 1.73 bits per heavy atom. The second-order valence-electron chi connectivity index (χ2n) is 7.95. The van der Waals surface area contributed by atoms with Crippen LogP contribution < -0.4 is 11.2 Å². The third-order valence-corrected chi connectivity index (χ3v) is 5.65. The van der Waals surface area contributed by atoms with E-state index in [0.717, 1.165) is 16.7 Å². The van der Waals surface area contributed by atoms with Gasteiger partial charge in [0.25, 0.3) is 5.56 Å². The molecular weight excluding hydrogens is 489 g/mol. The minimum Gasteiger partial charge on any atom is -0.273 e. The number of rotatable bonds is 3. The van der Waals surface area contributed by atoms with E-state index >= 15 is 0 Å². The van der Waals surface area contributed by atoms with E-state index in [1.54, 1.807) is 30.6 Å². The van der Waals surface area contributed by atoms with Crippen LogP contribution in [0.15, 0.2) is 83.0 Å². The van der Waals surface area contributed by atoms with Crippen molar-refractivity contribution in [2.45, 2.75) is 6.18 Å². The lowest BCUT2D eigenvalue weighted by atomic mass is 10.1. The molecule has 1 aromatic carbocycles. The van der Waals surface area contributed by atoms with Gasteiger partial charge in [0, 0.05) is 36.5 Å². The maximum absolute atomic E-state index is 13.4. The summed E-state index contributed by atoms with van der Waals surface area (Å²) in [6.45, 7) is 0. The monoisotopic (exact) mass is 502 g/mol. The molecule has 182 valence electrons. The minimum absolute atomic E-state index is 0.0144. The molecule has 0 amide bonds. The van der Waals surface area contributed by atoms with Gasteiger partial charge in [-0.3, -0.25) is 19.3 Å². The number of aromatic amines is 1. The van der Waals surface area contributed by atoms with Crippen molar-refractivity contribution in [3.63, 3.8) is 0 Å². The summed E-state index contributed by atoms with van der Waals surface area (Å²) in [5, 5.41) is 4.06. The van der Waals surface area contributed by atoms with Gasteiger partial charge in [-0.1, -0.05) is 6.07 Å². The van der Waals surface area contributed by atoms with Gasteiger partial charge < -0.3 is 0 Å². The first kappa shape index (κ1) is 22.3. The Balaban J connectivity index is 1.60. The van der Waals surface area contributed by atoms with Gasteiger partial charge in [-0.25, -0.2) is 24.4 Å². The fraction of sp³-hybridized carbons (Fsp3) is 0.0417. The van der Waals surface area contributed by atoms with Gasteiger partial charge in [0.05, 0.1) is 33.4 Å².